The molecule has 0 aliphatic carbocycles. The first-order chi connectivity index (χ1) is 13.4. The predicted octanol–water partition coefficient (Wildman–Crippen LogP) is 1.57. The number of thiophene rings is 1. The maximum atomic E-state index is 12.7. The molecule has 1 unspecified atom stereocenters. The van der Waals surface area contributed by atoms with Crippen LogP contribution < -0.4 is 5.32 Å². The Morgan fingerprint density at radius 2 is 2.21 bits per heavy atom. The highest BCUT2D eigenvalue weighted by atomic mass is 32.2. The van der Waals surface area contributed by atoms with Gasteiger partial charge in [0.2, 0.25) is 5.91 Å². The topological polar surface area (TPSA) is 123 Å². The van der Waals surface area contributed by atoms with E-state index in [9.17, 15) is 13.2 Å². The molecule has 4 heterocycles. The van der Waals surface area contributed by atoms with Crippen molar-refractivity contribution in [2.45, 2.75) is 17.1 Å². The van der Waals surface area contributed by atoms with E-state index in [4.69, 9.17) is 4.42 Å². The van der Waals surface area contributed by atoms with Crippen molar-refractivity contribution in [3.8, 4) is 11.6 Å². The molecule has 28 heavy (non-hydrogen) atoms. The monoisotopic (exact) mass is 422 g/mol. The smallest absolute Gasteiger partial charge is 0.322 e. The lowest BCUT2D eigenvalue weighted by molar-refractivity contribution is -0.121. The number of nitrogens with one attached hydrogen (secondary N) is 1. The van der Waals surface area contributed by atoms with E-state index in [0.717, 1.165) is 0 Å². The van der Waals surface area contributed by atoms with Gasteiger partial charge in [-0.2, -0.15) is 9.40 Å². The highest BCUT2D eigenvalue weighted by Gasteiger charge is 2.34. The fraction of sp³-hybridized carbons (Fsp3) is 0.375. The first-order valence-electron chi connectivity index (χ1n) is 8.61. The molecule has 1 atom stereocenters. The maximum absolute atomic E-state index is 12.7. The average molecular weight is 422 g/mol. The third-order valence-corrected chi connectivity index (χ3v) is 7.67. The second-order valence-corrected chi connectivity index (χ2v) is 9.52. The number of hydrogen-bond acceptors (Lipinski definition) is 8. The molecule has 1 saturated heterocycles. The molecule has 3 aromatic rings. The first-order valence-corrected chi connectivity index (χ1v) is 10.9. The third kappa shape index (κ3) is 3.70. The fourth-order valence-electron chi connectivity index (χ4n) is 3.03. The van der Waals surface area contributed by atoms with E-state index in [0.29, 0.717) is 25.1 Å². The zero-order valence-electron chi connectivity index (χ0n) is 15.0. The van der Waals surface area contributed by atoms with Gasteiger partial charge in [0.25, 0.3) is 15.9 Å². The molecule has 4 rings (SSSR count). The Bertz CT molecular complexity index is 1070. The zero-order valence-corrected chi connectivity index (χ0v) is 16.6. The van der Waals surface area contributed by atoms with E-state index < -0.39 is 15.9 Å². The number of carbonyl (C=O) groups is 1. The van der Waals surface area contributed by atoms with E-state index in [1.807, 2.05) is 0 Å². The lowest BCUT2D eigenvalue weighted by Gasteiger charge is -2.30. The van der Waals surface area contributed by atoms with Crippen LogP contribution in [0.25, 0.3) is 11.6 Å². The highest BCUT2D eigenvalue weighted by molar-refractivity contribution is 7.91. The van der Waals surface area contributed by atoms with E-state index in [2.05, 4.69) is 20.6 Å². The zero-order chi connectivity index (χ0) is 19.7. The Morgan fingerprint density at radius 3 is 2.93 bits per heavy atom. The summed E-state index contributed by atoms with van der Waals surface area (Å²) in [5.41, 5.74) is 0.501. The molecule has 1 aliphatic heterocycles. The SMILES string of the molecule is Cn1ccc(-c2nnc(NC(=O)C3CCCN(S(=O)(=O)c4cccs4)C3)o2)n1. The summed E-state index contributed by atoms with van der Waals surface area (Å²) in [5.74, 6) is -0.641. The van der Waals surface area contributed by atoms with Gasteiger partial charge in [0, 0.05) is 26.3 Å². The van der Waals surface area contributed by atoms with Crippen LogP contribution in [0.3, 0.4) is 0 Å². The molecular weight excluding hydrogens is 404 g/mol. The van der Waals surface area contributed by atoms with Gasteiger partial charge in [0.1, 0.15) is 9.90 Å². The summed E-state index contributed by atoms with van der Waals surface area (Å²) >= 11 is 1.17. The van der Waals surface area contributed by atoms with Crippen LogP contribution >= 0.6 is 11.3 Å². The number of carbonyl (C=O) groups excluding carboxylic acids is 1. The van der Waals surface area contributed by atoms with Crippen molar-refractivity contribution >= 4 is 33.3 Å². The number of aromatic nitrogens is 4. The molecule has 10 nitrogen and oxygen atoms in total. The number of aryl methyl sites for hydroxylation is 1. The summed E-state index contributed by atoms with van der Waals surface area (Å²) in [6.45, 7) is 0.516. The summed E-state index contributed by atoms with van der Waals surface area (Å²) < 4.78 is 34.1. The average Bonchev–Trinajstić information content (AvgIpc) is 3.43. The molecule has 1 amide bonds. The van der Waals surface area contributed by atoms with E-state index in [1.54, 1.807) is 41.5 Å². The Kier molecular flexibility index (Phi) is 5.00. The molecule has 0 aromatic carbocycles. The van der Waals surface area contributed by atoms with Gasteiger partial charge in [-0.1, -0.05) is 11.2 Å². The molecule has 0 radical (unpaired) electrons. The molecule has 1 aliphatic rings. The van der Waals surface area contributed by atoms with Crippen molar-refractivity contribution in [2.24, 2.45) is 13.0 Å². The number of rotatable bonds is 5. The third-order valence-electron chi connectivity index (χ3n) is 4.43. The Balaban J connectivity index is 1.43. The van der Waals surface area contributed by atoms with Crippen LogP contribution in [0.15, 0.2) is 38.4 Å². The lowest BCUT2D eigenvalue weighted by Crippen LogP contribution is -2.43. The first kappa shape index (κ1) is 18.8. The summed E-state index contributed by atoms with van der Waals surface area (Å²) in [6, 6.07) is 4.94. The van der Waals surface area contributed by atoms with Gasteiger partial charge in [-0.25, -0.2) is 8.42 Å². The number of anilines is 1. The summed E-state index contributed by atoms with van der Waals surface area (Å²) in [4.78, 5) is 12.6. The van der Waals surface area contributed by atoms with Crippen molar-refractivity contribution in [1.82, 2.24) is 24.3 Å². The predicted molar refractivity (Wildman–Crippen MR) is 101 cm³/mol. The minimum absolute atomic E-state index is 0.0381. The van der Waals surface area contributed by atoms with Crippen LogP contribution in [0.5, 0.6) is 0 Å². The van der Waals surface area contributed by atoms with Crippen molar-refractivity contribution < 1.29 is 17.6 Å². The summed E-state index contributed by atoms with van der Waals surface area (Å²) in [5, 5.41) is 16.2. The molecule has 1 fully saturated rings. The van der Waals surface area contributed by atoms with E-state index in [-0.39, 0.29) is 28.6 Å². The summed E-state index contributed by atoms with van der Waals surface area (Å²) in [6.07, 6.45) is 2.93. The van der Waals surface area contributed by atoms with Gasteiger partial charge >= 0.3 is 6.01 Å². The molecule has 0 spiro atoms. The lowest BCUT2D eigenvalue weighted by atomic mass is 9.99. The van der Waals surface area contributed by atoms with Crippen LogP contribution in [-0.2, 0) is 21.9 Å². The van der Waals surface area contributed by atoms with Crippen LogP contribution in [0.4, 0.5) is 6.01 Å². The number of amides is 1. The van der Waals surface area contributed by atoms with Gasteiger partial charge in [0.15, 0.2) is 0 Å². The van der Waals surface area contributed by atoms with Crippen LogP contribution in [0, 0.1) is 5.92 Å². The van der Waals surface area contributed by atoms with Crippen molar-refractivity contribution in [3.63, 3.8) is 0 Å². The minimum atomic E-state index is -3.58. The molecule has 0 bridgehead atoms. The molecule has 148 valence electrons. The maximum Gasteiger partial charge on any atom is 0.322 e. The second kappa shape index (κ2) is 7.45. The van der Waals surface area contributed by atoms with Gasteiger partial charge in [-0.15, -0.1) is 16.4 Å². The number of sulfonamides is 1. The molecule has 1 N–H and O–H groups in total. The normalized spacial score (nSPS) is 18.2. The molecule has 3 aromatic heterocycles. The van der Waals surface area contributed by atoms with Gasteiger partial charge in [0.05, 0.1) is 5.92 Å². The van der Waals surface area contributed by atoms with Gasteiger partial charge < -0.3 is 4.42 Å². The number of nitrogens with zero attached hydrogens (tertiary/aromatic N) is 5. The number of piperidine rings is 1. The summed E-state index contributed by atoms with van der Waals surface area (Å²) in [7, 11) is -1.81. The quantitative estimate of drug-likeness (QED) is 0.662. The minimum Gasteiger partial charge on any atom is -0.401 e. The molecule has 12 heteroatoms. The second-order valence-electron chi connectivity index (χ2n) is 6.41. The molecular formula is C16H18N6O4S2. The van der Waals surface area contributed by atoms with Crippen molar-refractivity contribution in [1.29, 1.82) is 0 Å². The van der Waals surface area contributed by atoms with Gasteiger partial charge in [-0.05, 0) is 30.4 Å². The number of hydrogen-bond donors (Lipinski definition) is 1. The Labute approximate surface area is 165 Å². The standard InChI is InChI=1S/C16H18N6O4S2/c1-21-8-6-12(20-21)15-18-19-16(26-15)17-14(23)11-4-2-7-22(10-11)28(24,25)13-5-3-9-27-13/h3,5-6,8-9,11H,2,4,7,10H2,1H3,(H,17,19,23). The van der Waals surface area contributed by atoms with E-state index in [1.165, 1.54) is 15.6 Å². The van der Waals surface area contributed by atoms with Crippen LogP contribution in [-0.4, -0.2) is 51.7 Å². The largest absolute Gasteiger partial charge is 0.401 e. The Hall–Kier alpha value is -2.57. The van der Waals surface area contributed by atoms with Crippen LogP contribution in [0.1, 0.15) is 12.8 Å². The van der Waals surface area contributed by atoms with Gasteiger partial charge in [-0.3, -0.25) is 14.8 Å². The molecule has 0 saturated carbocycles. The fourth-order valence-corrected chi connectivity index (χ4v) is 5.69. The highest BCUT2D eigenvalue weighted by Crippen LogP contribution is 2.27. The van der Waals surface area contributed by atoms with Crippen molar-refractivity contribution in [3.05, 3.63) is 29.8 Å². The van der Waals surface area contributed by atoms with Crippen molar-refractivity contribution in [2.75, 3.05) is 18.4 Å². The van der Waals surface area contributed by atoms with E-state index >= 15 is 0 Å². The van der Waals surface area contributed by atoms with Crippen LogP contribution in [0.2, 0.25) is 0 Å². The Morgan fingerprint density at radius 1 is 1.36 bits per heavy atom.